The molecule has 0 aromatic heterocycles. The maximum atomic E-state index is 5.63. The molecular weight excluding hydrogens is 408 g/mol. The molecule has 0 spiro atoms. The molecule has 0 aliphatic rings. The molecule has 2 unspecified atom stereocenters. The fraction of sp³-hybridized carbons (Fsp3) is 0.286. The SMILES string of the molecule is NC(=S)NCC(NC(N)=S)c1cccc(C(CNC(N)=S)NC(N)=S)c1. The summed E-state index contributed by atoms with van der Waals surface area (Å²) >= 11 is 19.6. The second kappa shape index (κ2) is 10.9. The van der Waals surface area contributed by atoms with Crippen molar-refractivity contribution in [1.82, 2.24) is 21.3 Å². The molecule has 0 saturated heterocycles. The summed E-state index contributed by atoms with van der Waals surface area (Å²) in [6.45, 7) is 0.823. The van der Waals surface area contributed by atoms with E-state index in [1.165, 1.54) is 0 Å². The predicted octanol–water partition coefficient (Wildman–Crippen LogP) is -0.898. The Morgan fingerprint density at radius 3 is 1.42 bits per heavy atom. The standard InChI is InChI=1S/C14H22N8S4/c15-11(23)19-5-9(21-13(17)25)7-2-1-3-8(4-7)10(22-14(18)26)6-20-12(16)24/h1-4,9-10H,5-6H2,(H3,15,19,23)(H3,16,20,24)(H3,17,21,25)(H3,18,22,26). The Kier molecular flexibility index (Phi) is 9.19. The Bertz CT molecular complexity index is 627. The van der Waals surface area contributed by atoms with Gasteiger partial charge in [-0.2, -0.15) is 0 Å². The molecule has 8 nitrogen and oxygen atoms in total. The summed E-state index contributed by atoms with van der Waals surface area (Å²) in [5, 5.41) is 12.5. The molecule has 1 aromatic carbocycles. The van der Waals surface area contributed by atoms with Crippen LogP contribution in [0.1, 0.15) is 23.2 Å². The summed E-state index contributed by atoms with van der Waals surface area (Å²) in [7, 11) is 0. The van der Waals surface area contributed by atoms with E-state index in [2.05, 4.69) is 21.3 Å². The topological polar surface area (TPSA) is 152 Å². The Balaban J connectivity index is 3.08. The van der Waals surface area contributed by atoms with Crippen molar-refractivity contribution in [3.05, 3.63) is 35.4 Å². The fourth-order valence-electron chi connectivity index (χ4n) is 2.25. The van der Waals surface area contributed by atoms with Crippen molar-refractivity contribution in [2.75, 3.05) is 13.1 Å². The quantitative estimate of drug-likeness (QED) is 0.241. The maximum Gasteiger partial charge on any atom is 0.164 e. The van der Waals surface area contributed by atoms with Crippen LogP contribution in [-0.4, -0.2) is 33.5 Å². The van der Waals surface area contributed by atoms with Gasteiger partial charge in [0.1, 0.15) is 0 Å². The largest absolute Gasteiger partial charge is 0.376 e. The molecule has 0 heterocycles. The van der Waals surface area contributed by atoms with Gasteiger partial charge in [-0.25, -0.2) is 0 Å². The molecule has 0 saturated carbocycles. The highest BCUT2D eigenvalue weighted by atomic mass is 32.1. The minimum absolute atomic E-state index is 0.165. The van der Waals surface area contributed by atoms with E-state index in [0.717, 1.165) is 11.1 Å². The molecule has 0 aliphatic carbocycles. The van der Waals surface area contributed by atoms with Gasteiger partial charge in [0.05, 0.1) is 12.1 Å². The summed E-state index contributed by atoms with van der Waals surface area (Å²) in [5.74, 6) is 0. The molecule has 0 amide bonds. The average Bonchev–Trinajstić information content (AvgIpc) is 2.54. The highest BCUT2D eigenvalue weighted by Crippen LogP contribution is 2.19. The second-order valence-electron chi connectivity index (χ2n) is 5.28. The van der Waals surface area contributed by atoms with Crippen LogP contribution in [0.5, 0.6) is 0 Å². The number of hydrogen-bond acceptors (Lipinski definition) is 4. The van der Waals surface area contributed by atoms with E-state index in [0.29, 0.717) is 13.1 Å². The number of nitrogens with one attached hydrogen (secondary N) is 4. The van der Waals surface area contributed by atoms with Gasteiger partial charge in [0.25, 0.3) is 0 Å². The maximum absolute atomic E-state index is 5.63. The van der Waals surface area contributed by atoms with Gasteiger partial charge < -0.3 is 44.2 Å². The normalized spacial score (nSPS) is 12.3. The highest BCUT2D eigenvalue weighted by molar-refractivity contribution is 7.80. The molecule has 12 heteroatoms. The summed E-state index contributed by atoms with van der Waals surface area (Å²) in [6.07, 6.45) is 0. The second-order valence-corrected chi connectivity index (χ2v) is 7.04. The van der Waals surface area contributed by atoms with Crippen molar-refractivity contribution in [3.63, 3.8) is 0 Å². The van der Waals surface area contributed by atoms with E-state index in [-0.39, 0.29) is 32.5 Å². The van der Waals surface area contributed by atoms with Crippen molar-refractivity contribution < 1.29 is 0 Å². The Hall–Kier alpha value is -2.02. The Morgan fingerprint density at radius 2 is 1.12 bits per heavy atom. The first-order valence-corrected chi connectivity index (χ1v) is 9.10. The molecule has 142 valence electrons. The van der Waals surface area contributed by atoms with Crippen molar-refractivity contribution in [1.29, 1.82) is 0 Å². The van der Waals surface area contributed by atoms with Gasteiger partial charge in [0.2, 0.25) is 0 Å². The molecule has 0 bridgehead atoms. The lowest BCUT2D eigenvalue weighted by Crippen LogP contribution is -2.42. The fourth-order valence-corrected chi connectivity index (χ4v) is 2.70. The van der Waals surface area contributed by atoms with Gasteiger partial charge in [0, 0.05) is 13.1 Å². The summed E-state index contributed by atoms with van der Waals surface area (Å²) < 4.78 is 0. The zero-order valence-electron chi connectivity index (χ0n) is 13.8. The lowest BCUT2D eigenvalue weighted by atomic mass is 9.99. The van der Waals surface area contributed by atoms with Crippen LogP contribution < -0.4 is 44.2 Å². The van der Waals surface area contributed by atoms with Gasteiger partial charge in [-0.3, -0.25) is 0 Å². The van der Waals surface area contributed by atoms with Gasteiger partial charge >= 0.3 is 0 Å². The number of thiocarbonyl (C=S) groups is 4. The number of rotatable bonds is 8. The number of hydrogen-bond donors (Lipinski definition) is 8. The van der Waals surface area contributed by atoms with E-state index >= 15 is 0 Å². The van der Waals surface area contributed by atoms with Crippen LogP contribution in [-0.2, 0) is 0 Å². The zero-order chi connectivity index (χ0) is 19.7. The van der Waals surface area contributed by atoms with Crippen LogP contribution in [0.25, 0.3) is 0 Å². The highest BCUT2D eigenvalue weighted by Gasteiger charge is 2.17. The Labute approximate surface area is 173 Å². The Morgan fingerprint density at radius 1 is 0.731 bits per heavy atom. The van der Waals surface area contributed by atoms with E-state index in [9.17, 15) is 0 Å². The van der Waals surface area contributed by atoms with Gasteiger partial charge in [-0.05, 0) is 60.0 Å². The lowest BCUT2D eigenvalue weighted by molar-refractivity contribution is 0.610. The smallest absolute Gasteiger partial charge is 0.164 e. The zero-order valence-corrected chi connectivity index (χ0v) is 17.1. The van der Waals surface area contributed by atoms with Crippen LogP contribution in [0.15, 0.2) is 24.3 Å². The first-order valence-electron chi connectivity index (χ1n) is 7.47. The van der Waals surface area contributed by atoms with Crippen LogP contribution >= 0.6 is 48.9 Å². The van der Waals surface area contributed by atoms with Crippen LogP contribution in [0.3, 0.4) is 0 Å². The molecule has 26 heavy (non-hydrogen) atoms. The summed E-state index contributed by atoms with van der Waals surface area (Å²) in [4.78, 5) is 0. The minimum atomic E-state index is -0.233. The monoisotopic (exact) mass is 430 g/mol. The summed E-state index contributed by atoms with van der Waals surface area (Å²) in [6, 6.07) is 7.26. The first kappa shape index (κ1) is 22.0. The van der Waals surface area contributed by atoms with E-state index in [1.807, 2.05) is 24.3 Å². The number of benzene rings is 1. The van der Waals surface area contributed by atoms with Gasteiger partial charge in [-0.1, -0.05) is 24.3 Å². The third-order valence-corrected chi connectivity index (χ3v) is 3.83. The molecule has 0 fully saturated rings. The first-order chi connectivity index (χ1) is 12.2. The van der Waals surface area contributed by atoms with Crippen LogP contribution in [0.2, 0.25) is 0 Å². The van der Waals surface area contributed by atoms with Gasteiger partial charge in [-0.15, -0.1) is 0 Å². The van der Waals surface area contributed by atoms with E-state index in [4.69, 9.17) is 71.8 Å². The number of nitrogens with two attached hydrogens (primary N) is 4. The van der Waals surface area contributed by atoms with Crippen molar-refractivity contribution >= 4 is 69.3 Å². The van der Waals surface area contributed by atoms with E-state index < -0.39 is 0 Å². The van der Waals surface area contributed by atoms with Gasteiger partial charge in [0.15, 0.2) is 20.4 Å². The molecule has 12 N–H and O–H groups in total. The molecular formula is C14H22N8S4. The third-order valence-electron chi connectivity index (χ3n) is 3.31. The molecule has 2 atom stereocenters. The molecule has 1 aromatic rings. The van der Waals surface area contributed by atoms with Crippen LogP contribution in [0, 0.1) is 0 Å². The molecule has 1 rings (SSSR count). The third kappa shape index (κ3) is 8.38. The van der Waals surface area contributed by atoms with Crippen molar-refractivity contribution in [2.24, 2.45) is 22.9 Å². The van der Waals surface area contributed by atoms with Crippen LogP contribution in [0.4, 0.5) is 0 Å². The van der Waals surface area contributed by atoms with Crippen molar-refractivity contribution in [3.8, 4) is 0 Å². The molecule has 0 radical (unpaired) electrons. The predicted molar refractivity (Wildman–Crippen MR) is 121 cm³/mol. The summed E-state index contributed by atoms with van der Waals surface area (Å²) in [5.41, 5.74) is 24.1. The molecule has 0 aliphatic heterocycles. The van der Waals surface area contributed by atoms with Crippen molar-refractivity contribution in [2.45, 2.75) is 12.1 Å². The average molecular weight is 431 g/mol. The lowest BCUT2D eigenvalue weighted by Gasteiger charge is -2.24. The minimum Gasteiger partial charge on any atom is -0.376 e. The van der Waals surface area contributed by atoms with E-state index in [1.54, 1.807) is 0 Å².